The molecule has 3 rings (SSSR count). The number of allylic oxidation sites excluding steroid dienone is 3. The number of nitrogens with one attached hydrogen (secondary N) is 1. The van der Waals surface area contributed by atoms with Crippen molar-refractivity contribution >= 4 is 29.0 Å². The Morgan fingerprint density at radius 2 is 2.29 bits per heavy atom. The normalized spacial score (nSPS) is 42.6. The fraction of sp³-hybridized carbons (Fsp3) is 0.615. The molecule has 0 aromatic carbocycles. The lowest BCUT2D eigenvalue weighted by Crippen LogP contribution is -2.44. The smallest absolute Gasteiger partial charge is 0.161 e. The van der Waals surface area contributed by atoms with Crippen LogP contribution in [0.5, 0.6) is 0 Å². The maximum absolute atomic E-state index is 12.2. The first-order valence-electron chi connectivity index (χ1n) is 6.60. The second-order valence-corrected chi connectivity index (χ2v) is 5.87. The summed E-state index contributed by atoms with van der Waals surface area (Å²) in [6.45, 7) is 0.459. The number of carbonyl (C=O) groups excluding carboxylic acids is 1. The quantitative estimate of drug-likeness (QED) is 0.688. The molecule has 1 heterocycles. The molecule has 3 aliphatic rings. The number of fused-ring (bicyclic) bond motifs is 2. The summed E-state index contributed by atoms with van der Waals surface area (Å²) in [5.74, 6) is 0.296. The maximum atomic E-state index is 12.2. The van der Waals surface area contributed by atoms with E-state index in [1.165, 1.54) is 0 Å². The number of piperidine rings is 1. The number of carbonyl (C=O) groups is 1. The van der Waals surface area contributed by atoms with E-state index >= 15 is 0 Å². The Kier molecular flexibility index (Phi) is 2.75. The SMILES string of the molecule is [2H]C1CNC2CCC3CC(Cl)C(Cl)=CC3=C2C1=O. The number of rotatable bonds is 0. The molecule has 0 amide bonds. The predicted molar refractivity (Wildman–Crippen MR) is 69.4 cm³/mol. The first-order valence-corrected chi connectivity index (χ1v) is 6.84. The van der Waals surface area contributed by atoms with Crippen LogP contribution in [0.4, 0.5) is 0 Å². The molecule has 1 aliphatic heterocycles. The van der Waals surface area contributed by atoms with E-state index < -0.39 is 6.40 Å². The summed E-state index contributed by atoms with van der Waals surface area (Å²) in [6, 6.07) is 0.109. The van der Waals surface area contributed by atoms with Gasteiger partial charge in [-0.05, 0) is 36.8 Å². The highest BCUT2D eigenvalue weighted by Gasteiger charge is 2.37. The van der Waals surface area contributed by atoms with Gasteiger partial charge in [-0.25, -0.2) is 0 Å². The molecule has 1 N–H and O–H groups in total. The van der Waals surface area contributed by atoms with Gasteiger partial charge in [-0.15, -0.1) is 11.6 Å². The molecule has 0 aromatic rings. The fourth-order valence-corrected chi connectivity index (χ4v) is 3.54. The molecule has 4 atom stereocenters. The molecule has 1 fully saturated rings. The predicted octanol–water partition coefficient (Wildman–Crippen LogP) is 2.76. The van der Waals surface area contributed by atoms with Gasteiger partial charge in [-0.1, -0.05) is 11.6 Å². The zero-order chi connectivity index (χ0) is 12.9. The van der Waals surface area contributed by atoms with Crippen LogP contribution in [0.1, 0.15) is 27.0 Å². The summed E-state index contributed by atoms with van der Waals surface area (Å²) in [7, 11) is 0. The Hall–Kier alpha value is -0.310. The first-order chi connectivity index (χ1) is 8.58. The van der Waals surface area contributed by atoms with E-state index in [2.05, 4.69) is 5.32 Å². The Labute approximate surface area is 112 Å². The van der Waals surface area contributed by atoms with Crippen LogP contribution in [0.2, 0.25) is 0 Å². The van der Waals surface area contributed by atoms with Crippen LogP contribution < -0.4 is 5.32 Å². The summed E-state index contributed by atoms with van der Waals surface area (Å²) in [5.41, 5.74) is 1.82. The average molecular weight is 273 g/mol. The van der Waals surface area contributed by atoms with Crippen molar-refractivity contribution in [3.8, 4) is 0 Å². The molecule has 2 nitrogen and oxygen atoms in total. The van der Waals surface area contributed by atoms with E-state index in [1.807, 2.05) is 6.08 Å². The molecule has 2 aliphatic carbocycles. The molecule has 92 valence electrons. The van der Waals surface area contributed by atoms with Crippen LogP contribution in [-0.4, -0.2) is 23.7 Å². The van der Waals surface area contributed by atoms with Gasteiger partial charge in [0.25, 0.3) is 0 Å². The second-order valence-electron chi connectivity index (χ2n) is 4.90. The molecule has 0 spiro atoms. The highest BCUT2D eigenvalue weighted by Crippen LogP contribution is 2.42. The molecule has 4 unspecified atom stereocenters. The second kappa shape index (κ2) is 4.42. The summed E-state index contributed by atoms with van der Waals surface area (Å²) < 4.78 is 7.77. The van der Waals surface area contributed by atoms with Gasteiger partial charge in [0.1, 0.15) is 0 Å². The lowest BCUT2D eigenvalue weighted by molar-refractivity contribution is -0.116. The third kappa shape index (κ3) is 1.96. The highest BCUT2D eigenvalue weighted by molar-refractivity contribution is 6.37. The third-order valence-electron chi connectivity index (χ3n) is 3.90. The molecule has 0 saturated carbocycles. The van der Waals surface area contributed by atoms with Crippen molar-refractivity contribution in [1.82, 2.24) is 5.32 Å². The molecule has 1 saturated heterocycles. The van der Waals surface area contributed by atoms with Crippen molar-refractivity contribution in [2.75, 3.05) is 6.54 Å². The zero-order valence-corrected chi connectivity index (χ0v) is 10.9. The highest BCUT2D eigenvalue weighted by atomic mass is 35.5. The van der Waals surface area contributed by atoms with Gasteiger partial charge in [-0.3, -0.25) is 4.79 Å². The van der Waals surface area contributed by atoms with Crippen molar-refractivity contribution in [2.24, 2.45) is 5.92 Å². The van der Waals surface area contributed by atoms with Crippen LogP contribution in [0.25, 0.3) is 0 Å². The van der Waals surface area contributed by atoms with Gasteiger partial charge in [0.2, 0.25) is 0 Å². The van der Waals surface area contributed by atoms with Gasteiger partial charge in [0, 0.05) is 31.0 Å². The number of halogens is 2. The van der Waals surface area contributed by atoms with E-state index in [1.54, 1.807) is 0 Å². The third-order valence-corrected chi connectivity index (χ3v) is 4.80. The van der Waals surface area contributed by atoms with Crippen LogP contribution >= 0.6 is 23.2 Å². The molecule has 0 bridgehead atoms. The van der Waals surface area contributed by atoms with E-state index in [9.17, 15) is 4.79 Å². The van der Waals surface area contributed by atoms with Crippen LogP contribution in [-0.2, 0) is 4.79 Å². The topological polar surface area (TPSA) is 29.1 Å². The molecular weight excluding hydrogens is 257 g/mol. The first kappa shape index (κ1) is 10.6. The van der Waals surface area contributed by atoms with E-state index in [0.29, 0.717) is 17.5 Å². The molecule has 17 heavy (non-hydrogen) atoms. The van der Waals surface area contributed by atoms with E-state index in [4.69, 9.17) is 24.6 Å². The Morgan fingerprint density at radius 1 is 1.47 bits per heavy atom. The number of hydrogen-bond donors (Lipinski definition) is 1. The number of Topliss-reactive ketones (excluding diaryl/α,β-unsaturated/α-hetero) is 1. The minimum atomic E-state index is -0.677. The molecule has 0 radical (unpaired) electrons. The van der Waals surface area contributed by atoms with Gasteiger partial charge in [0.05, 0.1) is 5.38 Å². The Morgan fingerprint density at radius 3 is 3.12 bits per heavy atom. The van der Waals surface area contributed by atoms with E-state index in [-0.39, 0.29) is 17.2 Å². The summed E-state index contributed by atoms with van der Waals surface area (Å²) in [4.78, 5) is 12.2. The standard InChI is InChI=1S/C13H15Cl2NO/c14-9-5-7-1-2-11-13(8(7)6-10(9)15)12(17)3-4-16-11/h6-7,9,11,16H,1-5H2/i3D. The Bertz CT molecular complexity index is 460. The fourth-order valence-electron chi connectivity index (χ4n) is 3.05. The van der Waals surface area contributed by atoms with Gasteiger partial charge >= 0.3 is 0 Å². The zero-order valence-electron chi connectivity index (χ0n) is 10.4. The lowest BCUT2D eigenvalue weighted by atomic mass is 9.73. The lowest BCUT2D eigenvalue weighted by Gasteiger charge is -2.38. The molecule has 4 heteroatoms. The minimum absolute atomic E-state index is 0.0350. The monoisotopic (exact) mass is 272 g/mol. The van der Waals surface area contributed by atoms with Crippen molar-refractivity contribution < 1.29 is 6.17 Å². The number of ketones is 1. The van der Waals surface area contributed by atoms with Gasteiger partial charge in [-0.2, -0.15) is 0 Å². The largest absolute Gasteiger partial charge is 0.309 e. The summed E-state index contributed by atoms with van der Waals surface area (Å²) in [6.07, 6.45) is 3.99. The number of alkyl halides is 1. The van der Waals surface area contributed by atoms with Crippen LogP contribution in [0, 0.1) is 5.92 Å². The van der Waals surface area contributed by atoms with Crippen LogP contribution in [0.15, 0.2) is 22.3 Å². The summed E-state index contributed by atoms with van der Waals surface area (Å²) >= 11 is 12.3. The van der Waals surface area contributed by atoms with Crippen molar-refractivity contribution in [1.29, 1.82) is 0 Å². The number of hydrogen-bond acceptors (Lipinski definition) is 2. The molecule has 0 aromatic heterocycles. The molecular formula is C13H15Cl2NO. The van der Waals surface area contributed by atoms with Gasteiger partial charge in [0.15, 0.2) is 5.78 Å². The maximum Gasteiger partial charge on any atom is 0.161 e. The van der Waals surface area contributed by atoms with Gasteiger partial charge < -0.3 is 5.32 Å². The Balaban J connectivity index is 2.08. The van der Waals surface area contributed by atoms with Crippen molar-refractivity contribution in [3.05, 3.63) is 22.3 Å². The van der Waals surface area contributed by atoms with Crippen LogP contribution in [0.3, 0.4) is 0 Å². The average Bonchev–Trinajstić information content (AvgIpc) is 2.35. The van der Waals surface area contributed by atoms with Crippen molar-refractivity contribution in [2.45, 2.75) is 37.1 Å². The minimum Gasteiger partial charge on any atom is -0.309 e. The van der Waals surface area contributed by atoms with Crippen molar-refractivity contribution in [3.63, 3.8) is 0 Å². The van der Waals surface area contributed by atoms with E-state index in [0.717, 1.165) is 30.4 Å². The summed E-state index contributed by atoms with van der Waals surface area (Å²) in [5, 5.41) is 3.78.